The molecular weight excluding hydrogens is 346 g/mol. The van der Waals surface area contributed by atoms with Crippen molar-refractivity contribution in [3.05, 3.63) is 47.7 Å². The van der Waals surface area contributed by atoms with Gasteiger partial charge in [0.05, 0.1) is 17.9 Å². The number of hydrogen-bond donors (Lipinski definition) is 1. The number of carbonyl (C=O) groups excluding carboxylic acids is 1. The van der Waals surface area contributed by atoms with Gasteiger partial charge >= 0.3 is 0 Å². The SMILES string of the molecule is CCCCc1ccc(C#N)c(SC(C)C(=O)Nc2ccc(OC)cc2)n1. The monoisotopic (exact) mass is 369 g/mol. The molecule has 1 amide bonds. The van der Waals surface area contributed by atoms with E-state index in [-0.39, 0.29) is 11.2 Å². The summed E-state index contributed by atoms with van der Waals surface area (Å²) < 4.78 is 5.11. The quantitative estimate of drug-likeness (QED) is 0.697. The number of amides is 1. The number of pyridine rings is 1. The molecule has 136 valence electrons. The van der Waals surface area contributed by atoms with E-state index in [1.807, 2.05) is 13.0 Å². The molecule has 1 unspecified atom stereocenters. The van der Waals surface area contributed by atoms with E-state index < -0.39 is 0 Å². The molecule has 2 aromatic rings. The van der Waals surface area contributed by atoms with Crippen LogP contribution in [0.3, 0.4) is 0 Å². The molecule has 1 N–H and O–H groups in total. The Morgan fingerprint density at radius 3 is 2.65 bits per heavy atom. The molecule has 26 heavy (non-hydrogen) atoms. The van der Waals surface area contributed by atoms with Crippen LogP contribution in [-0.2, 0) is 11.2 Å². The summed E-state index contributed by atoms with van der Waals surface area (Å²) in [6, 6.07) is 13.0. The minimum absolute atomic E-state index is 0.134. The van der Waals surface area contributed by atoms with Gasteiger partial charge in [-0.1, -0.05) is 25.1 Å². The second-order valence-electron chi connectivity index (χ2n) is 5.85. The number of aryl methyl sites for hydroxylation is 1. The fourth-order valence-electron chi connectivity index (χ4n) is 2.29. The average molecular weight is 369 g/mol. The van der Waals surface area contributed by atoms with Gasteiger partial charge in [0, 0.05) is 11.4 Å². The highest BCUT2D eigenvalue weighted by molar-refractivity contribution is 8.00. The van der Waals surface area contributed by atoms with Gasteiger partial charge in [-0.05, 0) is 56.2 Å². The second kappa shape index (κ2) is 9.83. The number of nitrogens with one attached hydrogen (secondary N) is 1. The Labute approximate surface area is 158 Å². The van der Waals surface area contributed by atoms with Gasteiger partial charge in [0.15, 0.2) is 0 Å². The minimum atomic E-state index is -0.377. The molecule has 0 radical (unpaired) electrons. The molecule has 0 aliphatic rings. The summed E-state index contributed by atoms with van der Waals surface area (Å²) >= 11 is 1.31. The third-order valence-electron chi connectivity index (χ3n) is 3.84. The average Bonchev–Trinajstić information content (AvgIpc) is 2.67. The number of aromatic nitrogens is 1. The summed E-state index contributed by atoms with van der Waals surface area (Å²) in [7, 11) is 1.60. The predicted molar refractivity (Wildman–Crippen MR) is 105 cm³/mol. The Morgan fingerprint density at radius 1 is 1.31 bits per heavy atom. The van der Waals surface area contributed by atoms with E-state index >= 15 is 0 Å². The van der Waals surface area contributed by atoms with Crippen LogP contribution < -0.4 is 10.1 Å². The third kappa shape index (κ3) is 5.50. The van der Waals surface area contributed by atoms with Crippen LogP contribution in [0.2, 0.25) is 0 Å². The van der Waals surface area contributed by atoms with Gasteiger partial charge < -0.3 is 10.1 Å². The Balaban J connectivity index is 2.06. The summed E-state index contributed by atoms with van der Waals surface area (Å²) in [5, 5.41) is 12.4. The summed E-state index contributed by atoms with van der Waals surface area (Å²) in [5.74, 6) is 0.599. The molecule has 1 atom stereocenters. The van der Waals surface area contributed by atoms with Crippen molar-refractivity contribution in [1.82, 2.24) is 4.98 Å². The standard InChI is InChI=1S/C20H23N3O2S/c1-4-5-6-16-8-7-15(13-21)20(23-16)26-14(2)19(24)22-17-9-11-18(25-3)12-10-17/h7-12,14H,4-6H2,1-3H3,(H,22,24). The van der Waals surface area contributed by atoms with Crippen molar-refractivity contribution in [2.45, 2.75) is 43.4 Å². The van der Waals surface area contributed by atoms with E-state index in [0.717, 1.165) is 30.7 Å². The van der Waals surface area contributed by atoms with Crippen molar-refractivity contribution < 1.29 is 9.53 Å². The van der Waals surface area contributed by atoms with Crippen LogP contribution in [0, 0.1) is 11.3 Å². The van der Waals surface area contributed by atoms with Crippen LogP contribution in [0.15, 0.2) is 41.4 Å². The predicted octanol–water partition coefficient (Wildman–Crippen LogP) is 4.42. The van der Waals surface area contributed by atoms with Gasteiger partial charge in [-0.15, -0.1) is 0 Å². The topological polar surface area (TPSA) is 75.0 Å². The summed E-state index contributed by atoms with van der Waals surface area (Å²) in [6.07, 6.45) is 3.02. The van der Waals surface area contributed by atoms with E-state index in [2.05, 4.69) is 23.3 Å². The molecule has 0 aliphatic heterocycles. The first-order valence-electron chi connectivity index (χ1n) is 8.59. The van der Waals surface area contributed by atoms with Crippen molar-refractivity contribution in [2.75, 3.05) is 12.4 Å². The molecule has 0 saturated carbocycles. The molecule has 1 heterocycles. The molecule has 1 aromatic heterocycles. The lowest BCUT2D eigenvalue weighted by molar-refractivity contribution is -0.115. The lowest BCUT2D eigenvalue weighted by Crippen LogP contribution is -2.22. The molecule has 0 fully saturated rings. The molecule has 5 nitrogen and oxygen atoms in total. The van der Waals surface area contributed by atoms with Gasteiger partial charge in [-0.3, -0.25) is 4.79 Å². The molecule has 0 aliphatic carbocycles. The van der Waals surface area contributed by atoms with Gasteiger partial charge in [0.25, 0.3) is 0 Å². The number of thioether (sulfide) groups is 1. The maximum Gasteiger partial charge on any atom is 0.237 e. The number of ether oxygens (including phenoxy) is 1. The zero-order valence-corrected chi connectivity index (χ0v) is 16.1. The summed E-state index contributed by atoms with van der Waals surface area (Å²) in [5.41, 5.74) is 2.16. The number of anilines is 1. The van der Waals surface area contributed by atoms with Gasteiger partial charge in [0.1, 0.15) is 16.8 Å². The van der Waals surface area contributed by atoms with Gasteiger partial charge in [-0.2, -0.15) is 5.26 Å². The van der Waals surface area contributed by atoms with Crippen molar-refractivity contribution >= 4 is 23.4 Å². The maximum atomic E-state index is 12.5. The highest BCUT2D eigenvalue weighted by Gasteiger charge is 2.18. The van der Waals surface area contributed by atoms with E-state index in [0.29, 0.717) is 16.3 Å². The van der Waals surface area contributed by atoms with Crippen molar-refractivity contribution in [1.29, 1.82) is 5.26 Å². The number of nitrogens with zero attached hydrogens (tertiary/aromatic N) is 2. The van der Waals surface area contributed by atoms with Crippen LogP contribution in [0.1, 0.15) is 37.9 Å². The summed E-state index contributed by atoms with van der Waals surface area (Å²) in [6.45, 7) is 3.94. The first kappa shape index (κ1) is 19.8. The number of methoxy groups -OCH3 is 1. The normalized spacial score (nSPS) is 11.5. The molecule has 0 spiro atoms. The van der Waals surface area contributed by atoms with Crippen molar-refractivity contribution in [3.8, 4) is 11.8 Å². The lowest BCUT2D eigenvalue weighted by atomic mass is 10.2. The van der Waals surface area contributed by atoms with E-state index in [1.165, 1.54) is 11.8 Å². The van der Waals surface area contributed by atoms with Gasteiger partial charge in [-0.25, -0.2) is 4.98 Å². The minimum Gasteiger partial charge on any atom is -0.497 e. The smallest absolute Gasteiger partial charge is 0.237 e. The third-order valence-corrected chi connectivity index (χ3v) is 4.94. The van der Waals surface area contributed by atoms with Crippen molar-refractivity contribution in [2.24, 2.45) is 0 Å². The Hall–Kier alpha value is -2.52. The molecular formula is C20H23N3O2S. The molecule has 0 bridgehead atoms. The number of nitriles is 1. The number of hydrogen-bond acceptors (Lipinski definition) is 5. The number of carbonyl (C=O) groups is 1. The van der Waals surface area contributed by atoms with Crippen LogP contribution in [0.25, 0.3) is 0 Å². The fourth-order valence-corrected chi connectivity index (χ4v) is 3.20. The van der Waals surface area contributed by atoms with Crippen LogP contribution in [0.4, 0.5) is 5.69 Å². The fraction of sp³-hybridized carbons (Fsp3) is 0.350. The summed E-state index contributed by atoms with van der Waals surface area (Å²) in [4.78, 5) is 17.0. The van der Waals surface area contributed by atoms with Crippen molar-refractivity contribution in [3.63, 3.8) is 0 Å². The Bertz CT molecular complexity index is 785. The zero-order chi connectivity index (χ0) is 18.9. The van der Waals surface area contributed by atoms with Crippen LogP contribution >= 0.6 is 11.8 Å². The van der Waals surface area contributed by atoms with Crippen LogP contribution in [0.5, 0.6) is 5.75 Å². The highest BCUT2D eigenvalue weighted by atomic mass is 32.2. The van der Waals surface area contributed by atoms with Crippen LogP contribution in [-0.4, -0.2) is 23.3 Å². The van der Waals surface area contributed by atoms with E-state index in [4.69, 9.17) is 4.74 Å². The number of unbranched alkanes of at least 4 members (excludes halogenated alkanes) is 1. The maximum absolute atomic E-state index is 12.5. The molecule has 1 aromatic carbocycles. The molecule has 6 heteroatoms. The highest BCUT2D eigenvalue weighted by Crippen LogP contribution is 2.26. The Kier molecular flexibility index (Phi) is 7.49. The lowest BCUT2D eigenvalue weighted by Gasteiger charge is -2.13. The van der Waals surface area contributed by atoms with E-state index in [9.17, 15) is 10.1 Å². The largest absolute Gasteiger partial charge is 0.497 e. The molecule has 0 saturated heterocycles. The van der Waals surface area contributed by atoms with E-state index in [1.54, 1.807) is 37.4 Å². The molecule has 2 rings (SSSR count). The second-order valence-corrected chi connectivity index (χ2v) is 7.18. The Morgan fingerprint density at radius 2 is 2.04 bits per heavy atom. The number of benzene rings is 1. The van der Waals surface area contributed by atoms with Gasteiger partial charge in [0.2, 0.25) is 5.91 Å². The first-order chi connectivity index (χ1) is 12.6. The number of rotatable bonds is 8. The zero-order valence-electron chi connectivity index (χ0n) is 15.3. The first-order valence-corrected chi connectivity index (χ1v) is 9.47.